The molecule has 0 aromatic rings. The van der Waals surface area contributed by atoms with Crippen LogP contribution in [0.25, 0.3) is 0 Å². The Hall–Kier alpha value is -0.0394. The summed E-state index contributed by atoms with van der Waals surface area (Å²) in [7, 11) is -5.06. The van der Waals surface area contributed by atoms with Crippen molar-refractivity contribution >= 4 is 30.9 Å². The Labute approximate surface area is 213 Å². The standard InChI is InChI=1S/C25H54O6Si3/c1-23(2,3)32(11,12)28-17-18-19(30-33(13,14)24(4,5)6)20(21(29-18)22(26)27-10)31-34(15,16)25(7,8)9/h18-21H,17H2,1-16H3/t18-,19-,20+,21+/m1/s1. The Balaban J connectivity index is 3.46. The van der Waals surface area contributed by atoms with Gasteiger partial charge in [0.05, 0.1) is 13.7 Å². The van der Waals surface area contributed by atoms with Crippen LogP contribution >= 0.6 is 0 Å². The van der Waals surface area contributed by atoms with Gasteiger partial charge < -0.3 is 22.8 Å². The quantitative estimate of drug-likeness (QED) is 0.254. The fraction of sp³-hybridized carbons (Fsp3) is 0.960. The second-order valence-electron chi connectivity index (χ2n) is 14.4. The molecule has 202 valence electrons. The number of hydrogen-bond acceptors (Lipinski definition) is 6. The van der Waals surface area contributed by atoms with Gasteiger partial charge in [-0.1, -0.05) is 62.3 Å². The molecule has 0 amide bonds. The molecule has 6 nitrogen and oxygen atoms in total. The molecular formula is C25H54O6Si3. The summed E-state index contributed by atoms with van der Waals surface area (Å²) < 4.78 is 31.9. The highest BCUT2D eigenvalue weighted by molar-refractivity contribution is 6.75. The van der Waals surface area contributed by atoms with Crippen molar-refractivity contribution in [1.82, 2.24) is 0 Å². The number of methoxy groups -OCH3 is 1. The molecular weight excluding hydrogens is 481 g/mol. The number of carbonyl (C=O) groups excluding carboxylic acids is 1. The van der Waals surface area contributed by atoms with Crippen LogP contribution in [0.15, 0.2) is 0 Å². The van der Waals surface area contributed by atoms with Crippen LogP contribution in [0.4, 0.5) is 0 Å². The minimum atomic E-state index is -2.24. The first-order valence-corrected chi connectivity index (χ1v) is 21.3. The number of hydrogen-bond donors (Lipinski definition) is 0. The van der Waals surface area contributed by atoms with Gasteiger partial charge in [-0.15, -0.1) is 0 Å². The second-order valence-corrected chi connectivity index (χ2v) is 28.7. The van der Waals surface area contributed by atoms with Crippen LogP contribution < -0.4 is 0 Å². The second kappa shape index (κ2) is 10.4. The van der Waals surface area contributed by atoms with E-state index in [0.29, 0.717) is 6.61 Å². The van der Waals surface area contributed by atoms with E-state index in [4.69, 9.17) is 22.8 Å². The van der Waals surface area contributed by atoms with E-state index in [0.717, 1.165) is 0 Å². The lowest BCUT2D eigenvalue weighted by atomic mass is 10.1. The van der Waals surface area contributed by atoms with Crippen LogP contribution in [-0.4, -0.2) is 69.1 Å². The zero-order valence-electron chi connectivity index (χ0n) is 25.0. The smallest absolute Gasteiger partial charge is 0.337 e. The van der Waals surface area contributed by atoms with Gasteiger partial charge in [-0.2, -0.15) is 0 Å². The first-order chi connectivity index (χ1) is 14.9. The van der Waals surface area contributed by atoms with Gasteiger partial charge in [0.2, 0.25) is 0 Å². The van der Waals surface area contributed by atoms with E-state index in [2.05, 4.69) is 102 Å². The molecule has 0 aromatic carbocycles. The largest absolute Gasteiger partial charge is 0.467 e. The van der Waals surface area contributed by atoms with E-state index >= 15 is 0 Å². The van der Waals surface area contributed by atoms with Crippen molar-refractivity contribution in [1.29, 1.82) is 0 Å². The van der Waals surface area contributed by atoms with Crippen molar-refractivity contribution in [3.63, 3.8) is 0 Å². The molecule has 1 aliphatic rings. The molecule has 0 radical (unpaired) electrons. The fourth-order valence-electron chi connectivity index (χ4n) is 2.98. The summed E-state index contributed by atoms with van der Waals surface area (Å²) in [6.07, 6.45) is -2.16. The number of esters is 1. The maximum absolute atomic E-state index is 12.9. The minimum absolute atomic E-state index is 0.00269. The molecule has 0 unspecified atom stereocenters. The summed E-state index contributed by atoms with van der Waals surface area (Å²) in [5.74, 6) is -0.414. The normalized spacial score (nSPS) is 25.5. The molecule has 0 spiro atoms. The van der Waals surface area contributed by atoms with Crippen LogP contribution in [0.2, 0.25) is 54.4 Å². The molecule has 0 bridgehead atoms. The van der Waals surface area contributed by atoms with E-state index in [1.807, 2.05) is 0 Å². The fourth-order valence-corrected chi connectivity index (χ4v) is 6.61. The SMILES string of the molecule is COC(=O)[C@H]1O[C@H](CO[Si](C)(C)C(C)(C)C)[C@@H](O[Si](C)(C)C(C)(C)C)[C@@H]1O[Si](C)(C)C(C)(C)C. The molecule has 0 saturated carbocycles. The summed E-state index contributed by atoms with van der Waals surface area (Å²) in [5, 5.41) is 0.0494. The lowest BCUT2D eigenvalue weighted by Gasteiger charge is -2.44. The van der Waals surface area contributed by atoms with E-state index in [1.165, 1.54) is 7.11 Å². The van der Waals surface area contributed by atoms with E-state index < -0.39 is 55.3 Å². The highest BCUT2D eigenvalue weighted by Crippen LogP contribution is 2.44. The molecule has 1 heterocycles. The highest BCUT2D eigenvalue weighted by Gasteiger charge is 2.56. The first-order valence-electron chi connectivity index (χ1n) is 12.6. The average Bonchev–Trinajstić information content (AvgIpc) is 2.93. The van der Waals surface area contributed by atoms with Crippen LogP contribution in [0.1, 0.15) is 62.3 Å². The Bertz CT molecular complexity index is 701. The van der Waals surface area contributed by atoms with Gasteiger partial charge in [0.15, 0.2) is 31.1 Å². The first kappa shape index (κ1) is 32.0. The monoisotopic (exact) mass is 534 g/mol. The topological polar surface area (TPSA) is 63.2 Å². The molecule has 1 saturated heterocycles. The van der Waals surface area contributed by atoms with Crippen LogP contribution in [0, 0.1) is 0 Å². The molecule has 0 N–H and O–H groups in total. The maximum atomic E-state index is 12.9. The van der Waals surface area contributed by atoms with Crippen LogP contribution in [0.5, 0.6) is 0 Å². The molecule has 4 atom stereocenters. The van der Waals surface area contributed by atoms with Crippen molar-refractivity contribution in [3.05, 3.63) is 0 Å². The maximum Gasteiger partial charge on any atom is 0.337 e. The molecule has 34 heavy (non-hydrogen) atoms. The zero-order chi connectivity index (χ0) is 27.1. The van der Waals surface area contributed by atoms with E-state index in [1.54, 1.807) is 0 Å². The van der Waals surface area contributed by atoms with E-state index in [-0.39, 0.29) is 15.1 Å². The van der Waals surface area contributed by atoms with Gasteiger partial charge >= 0.3 is 5.97 Å². The van der Waals surface area contributed by atoms with Gasteiger partial charge in [-0.3, -0.25) is 0 Å². The molecule has 1 rings (SSSR count). The van der Waals surface area contributed by atoms with Crippen LogP contribution in [0.3, 0.4) is 0 Å². The Morgan fingerprint density at radius 1 is 0.706 bits per heavy atom. The molecule has 1 aliphatic heterocycles. The molecule has 1 fully saturated rings. The summed E-state index contributed by atoms with van der Waals surface area (Å²) in [5.41, 5.74) is 0. The minimum Gasteiger partial charge on any atom is -0.467 e. The third-order valence-corrected chi connectivity index (χ3v) is 22.1. The number of carbonyl (C=O) groups is 1. The van der Waals surface area contributed by atoms with Crippen molar-refractivity contribution < 1.29 is 27.5 Å². The predicted octanol–water partition coefficient (Wildman–Crippen LogP) is 6.73. The van der Waals surface area contributed by atoms with Gasteiger partial charge in [0.25, 0.3) is 0 Å². The Morgan fingerprint density at radius 2 is 1.09 bits per heavy atom. The van der Waals surface area contributed by atoms with Crippen molar-refractivity contribution in [2.24, 2.45) is 0 Å². The lowest BCUT2D eigenvalue weighted by molar-refractivity contribution is -0.157. The Morgan fingerprint density at radius 3 is 1.44 bits per heavy atom. The van der Waals surface area contributed by atoms with Gasteiger partial charge in [0.1, 0.15) is 18.3 Å². The molecule has 0 aliphatic carbocycles. The van der Waals surface area contributed by atoms with Crippen LogP contribution in [-0.2, 0) is 27.5 Å². The molecule has 0 aromatic heterocycles. The highest BCUT2D eigenvalue weighted by atomic mass is 28.4. The third-order valence-electron chi connectivity index (χ3n) is 8.63. The number of ether oxygens (including phenoxy) is 2. The van der Waals surface area contributed by atoms with Crippen molar-refractivity contribution in [3.8, 4) is 0 Å². The lowest BCUT2D eigenvalue weighted by Crippen LogP contribution is -2.55. The summed E-state index contributed by atoms with van der Waals surface area (Å²) in [4.78, 5) is 12.9. The van der Waals surface area contributed by atoms with Gasteiger partial charge in [-0.25, -0.2) is 4.79 Å². The average molecular weight is 535 g/mol. The van der Waals surface area contributed by atoms with Gasteiger partial charge in [-0.05, 0) is 54.4 Å². The van der Waals surface area contributed by atoms with Gasteiger partial charge in [0, 0.05) is 0 Å². The summed E-state index contributed by atoms with van der Waals surface area (Å²) >= 11 is 0. The zero-order valence-corrected chi connectivity index (χ0v) is 28.0. The Kier molecular flexibility index (Phi) is 9.76. The van der Waals surface area contributed by atoms with Crippen molar-refractivity contribution in [2.75, 3.05) is 13.7 Å². The summed E-state index contributed by atoms with van der Waals surface area (Å²) in [6.45, 7) is 33.6. The predicted molar refractivity (Wildman–Crippen MR) is 148 cm³/mol. The van der Waals surface area contributed by atoms with E-state index in [9.17, 15) is 4.79 Å². The summed E-state index contributed by atoms with van der Waals surface area (Å²) in [6, 6.07) is 0. The third kappa shape index (κ3) is 7.26. The molecule has 9 heteroatoms. The number of rotatable bonds is 8. The van der Waals surface area contributed by atoms with Crippen molar-refractivity contribution in [2.45, 2.75) is 141 Å².